The highest BCUT2D eigenvalue weighted by Crippen LogP contribution is 2.36. The predicted molar refractivity (Wildman–Crippen MR) is 101 cm³/mol. The van der Waals surface area contributed by atoms with Crippen LogP contribution in [-0.2, 0) is 4.74 Å². The van der Waals surface area contributed by atoms with Crippen LogP contribution in [0.5, 0.6) is 0 Å². The van der Waals surface area contributed by atoms with Crippen molar-refractivity contribution in [3.63, 3.8) is 0 Å². The SMILES string of the molecule is NC1=NC(C=Cc2ccc(NC(c3ccc(Cl)cc3)C(F)(F)F)cc2)CO1. The van der Waals surface area contributed by atoms with Crippen LogP contribution in [0.4, 0.5) is 18.9 Å². The maximum absolute atomic E-state index is 13.5. The lowest BCUT2D eigenvalue weighted by Crippen LogP contribution is -2.27. The molecular formula is C19H17ClF3N3O. The first kappa shape index (κ1) is 19.1. The minimum absolute atomic E-state index is 0.0903. The average molecular weight is 396 g/mol. The Balaban J connectivity index is 1.71. The number of nitrogens with zero attached hydrogens (tertiary/aromatic N) is 1. The molecule has 0 aromatic heterocycles. The highest BCUT2D eigenvalue weighted by molar-refractivity contribution is 6.30. The van der Waals surface area contributed by atoms with Crippen molar-refractivity contribution >= 4 is 29.4 Å². The second-order valence-corrected chi connectivity index (χ2v) is 6.43. The number of rotatable bonds is 5. The van der Waals surface area contributed by atoms with Gasteiger partial charge in [0, 0.05) is 10.7 Å². The number of hydrogen-bond acceptors (Lipinski definition) is 4. The van der Waals surface area contributed by atoms with Crippen LogP contribution in [0.15, 0.2) is 59.6 Å². The van der Waals surface area contributed by atoms with Crippen LogP contribution in [0.1, 0.15) is 17.2 Å². The van der Waals surface area contributed by atoms with Gasteiger partial charge in [-0.15, -0.1) is 0 Å². The molecule has 0 bridgehead atoms. The summed E-state index contributed by atoms with van der Waals surface area (Å²) in [7, 11) is 0. The quantitative estimate of drug-likeness (QED) is 0.765. The van der Waals surface area contributed by atoms with Gasteiger partial charge in [-0.3, -0.25) is 0 Å². The molecule has 4 nitrogen and oxygen atoms in total. The number of nitrogens with two attached hydrogens (primary N) is 1. The fraction of sp³-hybridized carbons (Fsp3) is 0.211. The molecule has 0 aliphatic carbocycles. The smallest absolute Gasteiger partial charge is 0.412 e. The van der Waals surface area contributed by atoms with Gasteiger partial charge in [0.1, 0.15) is 18.7 Å². The zero-order valence-corrected chi connectivity index (χ0v) is 14.8. The molecule has 0 saturated heterocycles. The molecule has 2 unspecified atom stereocenters. The summed E-state index contributed by atoms with van der Waals surface area (Å²) in [5.41, 5.74) is 6.72. The average Bonchev–Trinajstić information content (AvgIpc) is 3.04. The molecule has 1 aliphatic heterocycles. The third-order valence-corrected chi connectivity index (χ3v) is 4.21. The van der Waals surface area contributed by atoms with Crippen molar-refractivity contribution < 1.29 is 17.9 Å². The van der Waals surface area contributed by atoms with E-state index in [1.807, 2.05) is 12.2 Å². The number of benzene rings is 2. The lowest BCUT2D eigenvalue weighted by atomic mass is 10.1. The van der Waals surface area contributed by atoms with Gasteiger partial charge in [-0.1, -0.05) is 48.0 Å². The molecule has 0 amide bonds. The number of nitrogens with one attached hydrogen (secondary N) is 1. The normalized spacial score (nSPS) is 18.2. The summed E-state index contributed by atoms with van der Waals surface area (Å²) in [6.45, 7) is 0.385. The third-order valence-electron chi connectivity index (χ3n) is 3.96. The van der Waals surface area contributed by atoms with E-state index in [0.717, 1.165) is 5.56 Å². The van der Waals surface area contributed by atoms with E-state index in [0.29, 0.717) is 17.3 Å². The summed E-state index contributed by atoms with van der Waals surface area (Å²) in [6.07, 6.45) is -0.804. The molecule has 0 fully saturated rings. The minimum Gasteiger partial charge on any atom is -0.463 e. The Morgan fingerprint density at radius 2 is 1.81 bits per heavy atom. The van der Waals surface area contributed by atoms with E-state index in [1.54, 1.807) is 24.3 Å². The van der Waals surface area contributed by atoms with Gasteiger partial charge in [-0.25, -0.2) is 4.99 Å². The molecule has 0 spiro atoms. The number of halogens is 4. The largest absolute Gasteiger partial charge is 0.463 e. The van der Waals surface area contributed by atoms with E-state index in [-0.39, 0.29) is 17.6 Å². The molecule has 1 heterocycles. The molecule has 2 atom stereocenters. The van der Waals surface area contributed by atoms with E-state index in [4.69, 9.17) is 22.1 Å². The molecule has 2 aromatic carbocycles. The van der Waals surface area contributed by atoms with E-state index >= 15 is 0 Å². The zero-order chi connectivity index (χ0) is 19.4. The Bertz CT molecular complexity index is 833. The summed E-state index contributed by atoms with van der Waals surface area (Å²) in [4.78, 5) is 4.07. The maximum Gasteiger partial charge on any atom is 0.412 e. The summed E-state index contributed by atoms with van der Waals surface area (Å²) in [5.74, 6) is 0. The fourth-order valence-electron chi connectivity index (χ4n) is 2.60. The van der Waals surface area contributed by atoms with E-state index in [9.17, 15) is 13.2 Å². The van der Waals surface area contributed by atoms with Crippen molar-refractivity contribution in [3.8, 4) is 0 Å². The topological polar surface area (TPSA) is 59.6 Å². The van der Waals surface area contributed by atoms with Crippen molar-refractivity contribution in [3.05, 3.63) is 70.8 Å². The summed E-state index contributed by atoms with van der Waals surface area (Å²) in [6, 6.07) is 10.4. The number of aliphatic imine (C=N–C) groups is 1. The van der Waals surface area contributed by atoms with Crippen LogP contribution < -0.4 is 11.1 Å². The van der Waals surface area contributed by atoms with Gasteiger partial charge < -0.3 is 15.8 Å². The molecule has 0 radical (unpaired) electrons. The van der Waals surface area contributed by atoms with Gasteiger partial charge in [-0.2, -0.15) is 13.2 Å². The Labute approximate surface area is 159 Å². The van der Waals surface area contributed by atoms with Gasteiger partial charge in [0.15, 0.2) is 0 Å². The lowest BCUT2D eigenvalue weighted by molar-refractivity contribution is -0.144. The summed E-state index contributed by atoms with van der Waals surface area (Å²) >= 11 is 5.76. The molecule has 1 aliphatic rings. The number of alkyl halides is 3. The number of ether oxygens (including phenoxy) is 1. The molecule has 0 saturated carbocycles. The van der Waals surface area contributed by atoms with Gasteiger partial charge >= 0.3 is 6.18 Å². The molecule has 3 rings (SSSR count). The first-order chi connectivity index (χ1) is 12.8. The Kier molecular flexibility index (Phi) is 5.60. The number of amidine groups is 1. The first-order valence-electron chi connectivity index (χ1n) is 8.14. The number of hydrogen-bond donors (Lipinski definition) is 2. The van der Waals surface area contributed by atoms with Crippen LogP contribution >= 0.6 is 11.6 Å². The van der Waals surface area contributed by atoms with Crippen molar-refractivity contribution in [1.29, 1.82) is 0 Å². The van der Waals surface area contributed by atoms with E-state index < -0.39 is 12.2 Å². The second kappa shape index (κ2) is 7.92. The van der Waals surface area contributed by atoms with E-state index in [2.05, 4.69) is 10.3 Å². The van der Waals surface area contributed by atoms with Gasteiger partial charge in [0.05, 0.1) is 0 Å². The van der Waals surface area contributed by atoms with Crippen molar-refractivity contribution in [1.82, 2.24) is 0 Å². The lowest BCUT2D eigenvalue weighted by Gasteiger charge is -2.23. The fourth-order valence-corrected chi connectivity index (χ4v) is 2.72. The van der Waals surface area contributed by atoms with Crippen molar-refractivity contribution in [2.75, 3.05) is 11.9 Å². The third kappa shape index (κ3) is 5.17. The first-order valence-corrected chi connectivity index (χ1v) is 8.52. The van der Waals surface area contributed by atoms with Crippen molar-refractivity contribution in [2.45, 2.75) is 18.3 Å². The summed E-state index contributed by atoms with van der Waals surface area (Å²) < 4.78 is 45.4. The molecule has 2 aromatic rings. The maximum atomic E-state index is 13.5. The highest BCUT2D eigenvalue weighted by Gasteiger charge is 2.40. The summed E-state index contributed by atoms with van der Waals surface area (Å²) in [5, 5.41) is 2.92. The van der Waals surface area contributed by atoms with Gasteiger partial charge in [0.25, 0.3) is 6.02 Å². The standard InChI is InChI=1S/C19H17ClF3N3O/c20-14-6-4-13(5-7-14)17(19(21,22)23)25-15-8-1-12(2-9-15)3-10-16-11-27-18(24)26-16/h1-10,16-17,25H,11H2,(H2,24,26). The van der Waals surface area contributed by atoms with Gasteiger partial charge in [0.2, 0.25) is 0 Å². The van der Waals surface area contributed by atoms with Crippen LogP contribution in [0, 0.1) is 0 Å². The molecule has 27 heavy (non-hydrogen) atoms. The Morgan fingerprint density at radius 1 is 1.15 bits per heavy atom. The minimum atomic E-state index is -4.45. The van der Waals surface area contributed by atoms with Crippen LogP contribution in [0.2, 0.25) is 5.02 Å². The molecule has 8 heteroatoms. The van der Waals surface area contributed by atoms with E-state index in [1.165, 1.54) is 24.3 Å². The zero-order valence-electron chi connectivity index (χ0n) is 14.1. The van der Waals surface area contributed by atoms with Crippen molar-refractivity contribution in [2.24, 2.45) is 10.7 Å². The van der Waals surface area contributed by atoms with Crippen LogP contribution in [0.25, 0.3) is 6.08 Å². The van der Waals surface area contributed by atoms with Gasteiger partial charge in [-0.05, 0) is 35.4 Å². The van der Waals surface area contributed by atoms with Crippen LogP contribution in [0.3, 0.4) is 0 Å². The predicted octanol–water partition coefficient (Wildman–Crippen LogP) is 4.78. The monoisotopic (exact) mass is 395 g/mol. The highest BCUT2D eigenvalue weighted by atomic mass is 35.5. The number of anilines is 1. The Morgan fingerprint density at radius 3 is 2.37 bits per heavy atom. The molecule has 3 N–H and O–H groups in total. The second-order valence-electron chi connectivity index (χ2n) is 6.00. The Hall–Kier alpha value is -2.67. The van der Waals surface area contributed by atoms with Crippen LogP contribution in [-0.4, -0.2) is 24.8 Å². The molecule has 142 valence electrons. The molecular weight excluding hydrogens is 379 g/mol.